The zero-order valence-electron chi connectivity index (χ0n) is 13.3. The van der Waals surface area contributed by atoms with E-state index < -0.39 is 0 Å². The van der Waals surface area contributed by atoms with Crippen LogP contribution in [0, 0.1) is 13.8 Å². The van der Waals surface area contributed by atoms with Gasteiger partial charge in [-0.1, -0.05) is 12.1 Å². The molecule has 0 unspecified atom stereocenters. The van der Waals surface area contributed by atoms with E-state index in [1.165, 1.54) is 15.0 Å². The van der Waals surface area contributed by atoms with Gasteiger partial charge in [0.2, 0.25) is 5.71 Å². The molecule has 4 heterocycles. The number of fused-ring (bicyclic) bond motifs is 4. The number of furan rings is 1. The zero-order valence-corrected chi connectivity index (χ0v) is 14.1. The second-order valence-electron chi connectivity index (χ2n) is 6.02. The standard InChI is InChI=1S/C20H14N2OS/c1-11-6-7-15-14-4-3-5-16(18(14)23-20(15)22-11)17-19-13(8-9-21-17)10-12(2)24-19/h3-10H,1-2H3. The molecule has 0 fully saturated rings. The normalized spacial score (nSPS) is 11.8. The summed E-state index contributed by atoms with van der Waals surface area (Å²) in [4.78, 5) is 10.5. The Morgan fingerprint density at radius 2 is 1.92 bits per heavy atom. The van der Waals surface area contributed by atoms with Crippen LogP contribution in [0.25, 0.3) is 43.4 Å². The minimum atomic E-state index is 0.687. The Labute approximate surface area is 142 Å². The van der Waals surface area contributed by atoms with Gasteiger partial charge < -0.3 is 4.42 Å². The highest BCUT2D eigenvalue weighted by Crippen LogP contribution is 2.39. The van der Waals surface area contributed by atoms with E-state index in [0.29, 0.717) is 5.71 Å². The Balaban J connectivity index is 1.90. The maximum Gasteiger partial charge on any atom is 0.227 e. The molecule has 0 N–H and O–H groups in total. The van der Waals surface area contributed by atoms with E-state index >= 15 is 0 Å². The molecular formula is C20H14N2OS. The molecule has 0 radical (unpaired) electrons. The summed E-state index contributed by atoms with van der Waals surface area (Å²) in [7, 11) is 0. The average molecular weight is 330 g/mol. The third kappa shape index (κ3) is 1.90. The van der Waals surface area contributed by atoms with Gasteiger partial charge in [0.25, 0.3) is 0 Å². The minimum Gasteiger partial charge on any atom is -0.437 e. The lowest BCUT2D eigenvalue weighted by Crippen LogP contribution is -1.83. The number of benzene rings is 1. The molecule has 3 nitrogen and oxygen atoms in total. The van der Waals surface area contributed by atoms with Gasteiger partial charge in [0.05, 0.1) is 10.4 Å². The zero-order chi connectivity index (χ0) is 16.3. The number of hydrogen-bond acceptors (Lipinski definition) is 4. The van der Waals surface area contributed by atoms with E-state index in [1.807, 2.05) is 19.2 Å². The fourth-order valence-electron chi connectivity index (χ4n) is 3.24. The maximum absolute atomic E-state index is 6.13. The van der Waals surface area contributed by atoms with Crippen LogP contribution >= 0.6 is 11.3 Å². The lowest BCUT2D eigenvalue weighted by atomic mass is 10.1. The van der Waals surface area contributed by atoms with Crippen molar-refractivity contribution in [2.75, 3.05) is 0 Å². The van der Waals surface area contributed by atoms with Crippen molar-refractivity contribution in [1.29, 1.82) is 0 Å². The van der Waals surface area contributed by atoms with Crippen molar-refractivity contribution in [3.8, 4) is 11.3 Å². The van der Waals surface area contributed by atoms with Crippen LogP contribution in [-0.4, -0.2) is 9.97 Å². The van der Waals surface area contributed by atoms with Crippen LogP contribution in [0.15, 0.2) is 53.1 Å². The number of rotatable bonds is 1. The van der Waals surface area contributed by atoms with Gasteiger partial charge in [0.15, 0.2) is 0 Å². The Morgan fingerprint density at radius 3 is 2.83 bits per heavy atom. The molecule has 0 saturated heterocycles. The molecule has 0 aliphatic carbocycles. The molecule has 0 atom stereocenters. The molecule has 0 spiro atoms. The first-order valence-corrected chi connectivity index (χ1v) is 8.67. The predicted molar refractivity (Wildman–Crippen MR) is 99.6 cm³/mol. The number of aryl methyl sites for hydroxylation is 2. The van der Waals surface area contributed by atoms with Gasteiger partial charge in [-0.25, -0.2) is 4.98 Å². The van der Waals surface area contributed by atoms with Gasteiger partial charge in [-0.2, -0.15) is 0 Å². The van der Waals surface area contributed by atoms with E-state index in [-0.39, 0.29) is 0 Å². The van der Waals surface area contributed by atoms with Gasteiger partial charge >= 0.3 is 0 Å². The molecule has 0 aliphatic rings. The van der Waals surface area contributed by atoms with E-state index in [9.17, 15) is 0 Å². The fourth-order valence-corrected chi connectivity index (χ4v) is 4.26. The second-order valence-corrected chi connectivity index (χ2v) is 7.28. The molecular weight excluding hydrogens is 316 g/mol. The molecule has 24 heavy (non-hydrogen) atoms. The van der Waals surface area contributed by atoms with Crippen molar-refractivity contribution in [2.24, 2.45) is 0 Å². The molecule has 4 heteroatoms. The van der Waals surface area contributed by atoms with Crippen LogP contribution in [-0.2, 0) is 0 Å². The van der Waals surface area contributed by atoms with E-state index in [4.69, 9.17) is 4.42 Å². The molecule has 4 aromatic heterocycles. The summed E-state index contributed by atoms with van der Waals surface area (Å²) < 4.78 is 7.33. The van der Waals surface area contributed by atoms with Crippen molar-refractivity contribution >= 4 is 43.5 Å². The average Bonchev–Trinajstić information content (AvgIpc) is 3.12. The van der Waals surface area contributed by atoms with Gasteiger partial charge in [0.1, 0.15) is 5.58 Å². The lowest BCUT2D eigenvalue weighted by molar-refractivity contribution is 0.653. The highest BCUT2D eigenvalue weighted by Gasteiger charge is 2.16. The Hall–Kier alpha value is -2.72. The van der Waals surface area contributed by atoms with Crippen LogP contribution in [0.1, 0.15) is 10.6 Å². The van der Waals surface area contributed by atoms with E-state index in [1.54, 1.807) is 11.3 Å². The first-order chi connectivity index (χ1) is 11.7. The number of hydrogen-bond donors (Lipinski definition) is 0. The smallest absolute Gasteiger partial charge is 0.227 e. The summed E-state index contributed by atoms with van der Waals surface area (Å²) >= 11 is 1.77. The number of aromatic nitrogens is 2. The van der Waals surface area contributed by atoms with Crippen LogP contribution in [0.2, 0.25) is 0 Å². The van der Waals surface area contributed by atoms with Crippen LogP contribution in [0.5, 0.6) is 0 Å². The molecule has 1 aromatic carbocycles. The Bertz CT molecular complexity index is 1230. The molecule has 0 amide bonds. The number of thiophene rings is 1. The molecule has 5 aromatic rings. The van der Waals surface area contributed by atoms with Gasteiger partial charge in [0, 0.05) is 33.1 Å². The summed E-state index contributed by atoms with van der Waals surface area (Å²) in [6, 6.07) is 14.6. The summed E-state index contributed by atoms with van der Waals surface area (Å²) in [6.07, 6.45) is 1.87. The number of nitrogens with zero attached hydrogens (tertiary/aromatic N) is 2. The Kier molecular flexibility index (Phi) is 2.79. The summed E-state index contributed by atoms with van der Waals surface area (Å²) in [5.41, 5.74) is 4.50. The van der Waals surface area contributed by atoms with Crippen LogP contribution < -0.4 is 0 Å². The van der Waals surface area contributed by atoms with E-state index in [2.05, 4.69) is 53.3 Å². The van der Waals surface area contributed by atoms with Crippen molar-refractivity contribution < 1.29 is 4.42 Å². The highest BCUT2D eigenvalue weighted by molar-refractivity contribution is 7.19. The SMILES string of the molecule is Cc1ccc2c(n1)oc1c(-c3nccc4cc(C)sc34)cccc12. The minimum absolute atomic E-state index is 0.687. The van der Waals surface area contributed by atoms with Crippen molar-refractivity contribution in [3.63, 3.8) is 0 Å². The quantitative estimate of drug-likeness (QED) is 0.385. The number of para-hydroxylation sites is 1. The molecule has 0 saturated carbocycles. The number of pyridine rings is 2. The van der Waals surface area contributed by atoms with Gasteiger partial charge in [-0.05, 0) is 49.6 Å². The largest absolute Gasteiger partial charge is 0.437 e. The van der Waals surface area contributed by atoms with Crippen molar-refractivity contribution in [3.05, 3.63) is 59.2 Å². The van der Waals surface area contributed by atoms with Crippen molar-refractivity contribution in [2.45, 2.75) is 13.8 Å². The lowest BCUT2D eigenvalue weighted by Gasteiger charge is -2.03. The van der Waals surface area contributed by atoms with Crippen LogP contribution in [0.3, 0.4) is 0 Å². The maximum atomic E-state index is 6.13. The van der Waals surface area contributed by atoms with Gasteiger partial charge in [-0.3, -0.25) is 4.98 Å². The first-order valence-electron chi connectivity index (χ1n) is 7.85. The molecule has 116 valence electrons. The summed E-state index contributed by atoms with van der Waals surface area (Å²) in [5, 5.41) is 3.36. The third-order valence-corrected chi connectivity index (χ3v) is 5.39. The van der Waals surface area contributed by atoms with Crippen LogP contribution in [0.4, 0.5) is 0 Å². The fraction of sp³-hybridized carbons (Fsp3) is 0.100. The predicted octanol–water partition coefficient (Wildman–Crippen LogP) is 5.87. The molecule has 5 rings (SSSR count). The van der Waals surface area contributed by atoms with Gasteiger partial charge in [-0.15, -0.1) is 11.3 Å². The molecule has 0 bridgehead atoms. The second kappa shape index (κ2) is 4.89. The summed E-state index contributed by atoms with van der Waals surface area (Å²) in [5.74, 6) is 0. The monoisotopic (exact) mass is 330 g/mol. The molecule has 0 aliphatic heterocycles. The Morgan fingerprint density at radius 1 is 1.00 bits per heavy atom. The summed E-state index contributed by atoms with van der Waals surface area (Å²) in [6.45, 7) is 4.10. The topological polar surface area (TPSA) is 38.9 Å². The first kappa shape index (κ1) is 13.7. The van der Waals surface area contributed by atoms with Crippen molar-refractivity contribution in [1.82, 2.24) is 9.97 Å². The third-order valence-electron chi connectivity index (χ3n) is 4.32. The highest BCUT2D eigenvalue weighted by atomic mass is 32.1. The van der Waals surface area contributed by atoms with E-state index in [0.717, 1.165) is 33.3 Å².